The minimum Gasteiger partial charge on any atom is -0.507 e. The van der Waals surface area contributed by atoms with E-state index in [2.05, 4.69) is 184 Å². The Morgan fingerprint density at radius 2 is 0.980 bits per heavy atom. The Balaban J connectivity index is 1.72. The van der Waals surface area contributed by atoms with Gasteiger partial charge in [0.15, 0.2) is 12.1 Å². The van der Waals surface area contributed by atoms with Crippen LogP contribution in [0.2, 0.25) is 0 Å². The third-order valence-corrected chi connectivity index (χ3v) is 10.0. The molecule has 4 aromatic rings. The Bertz CT molecular complexity index is 1810. The first-order valence-electron chi connectivity index (χ1n) is 17.9. The maximum absolute atomic E-state index is 11.9. The molecule has 49 heavy (non-hydrogen) atoms. The summed E-state index contributed by atoms with van der Waals surface area (Å²) in [7, 11) is 0. The van der Waals surface area contributed by atoms with Crippen molar-refractivity contribution in [2.24, 2.45) is 0 Å². The van der Waals surface area contributed by atoms with E-state index in [0.717, 1.165) is 22.3 Å². The zero-order chi connectivity index (χ0) is 36.1. The van der Waals surface area contributed by atoms with E-state index >= 15 is 0 Å². The second-order valence-corrected chi connectivity index (χ2v) is 18.2. The van der Waals surface area contributed by atoms with E-state index in [1.165, 1.54) is 22.3 Å². The summed E-state index contributed by atoms with van der Waals surface area (Å²) in [6, 6.07) is 30.2. The van der Waals surface area contributed by atoms with Crippen molar-refractivity contribution in [1.29, 1.82) is 0 Å². The molecule has 1 aliphatic heterocycles. The number of phenolic OH excluding ortho intramolecular Hbond substituents is 2. The highest BCUT2D eigenvalue weighted by Crippen LogP contribution is 2.45. The summed E-state index contributed by atoms with van der Waals surface area (Å²) in [5.74, 6) is 0.751. The van der Waals surface area contributed by atoms with Crippen LogP contribution in [-0.4, -0.2) is 26.0 Å². The molecule has 4 heteroatoms. The molecule has 2 N–H and O–H groups in total. The Morgan fingerprint density at radius 3 is 1.43 bits per heavy atom. The highest BCUT2D eigenvalue weighted by Gasteiger charge is 2.45. The van der Waals surface area contributed by atoms with E-state index in [-0.39, 0.29) is 33.7 Å². The van der Waals surface area contributed by atoms with Gasteiger partial charge in [-0.2, -0.15) is 0 Å². The Kier molecular flexibility index (Phi) is 9.62. The van der Waals surface area contributed by atoms with E-state index < -0.39 is 0 Å². The third-order valence-electron chi connectivity index (χ3n) is 10.0. The van der Waals surface area contributed by atoms with Crippen LogP contribution in [0.3, 0.4) is 0 Å². The number of nitrogens with zero attached hydrogens (tertiary/aromatic N) is 2. The molecule has 0 saturated carbocycles. The lowest BCUT2D eigenvalue weighted by Gasteiger charge is -2.29. The van der Waals surface area contributed by atoms with Crippen molar-refractivity contribution in [2.45, 2.75) is 130 Å². The SMILES string of the molecule is CC(C)(C)c1cc(CN2C=[N+](Cc3cc(C(C)(C)C)cc(C(C)(C)C)c3O)[C@@H](c3ccccc3)[C@@H]2c2ccccc2)c(O)c(C(C)(C)C)c1. The molecule has 4 aromatic carbocycles. The molecule has 0 radical (unpaired) electrons. The minimum absolute atomic E-state index is 0.0330. The molecule has 5 rings (SSSR count). The Morgan fingerprint density at radius 1 is 0.551 bits per heavy atom. The Hall–Kier alpha value is -4.05. The predicted molar refractivity (Wildman–Crippen MR) is 205 cm³/mol. The van der Waals surface area contributed by atoms with Crippen LogP contribution in [0.15, 0.2) is 84.9 Å². The van der Waals surface area contributed by atoms with E-state index in [0.29, 0.717) is 24.6 Å². The van der Waals surface area contributed by atoms with Gasteiger partial charge in [0.05, 0.1) is 0 Å². The van der Waals surface area contributed by atoms with Crippen LogP contribution < -0.4 is 0 Å². The molecule has 1 aliphatic rings. The van der Waals surface area contributed by atoms with Crippen LogP contribution in [-0.2, 0) is 34.7 Å². The van der Waals surface area contributed by atoms with Gasteiger partial charge in [0.25, 0.3) is 0 Å². The molecular formula is C45H59N2O2+. The highest BCUT2D eigenvalue weighted by atomic mass is 16.3. The average molecular weight is 660 g/mol. The molecule has 260 valence electrons. The second-order valence-electron chi connectivity index (χ2n) is 18.2. The maximum atomic E-state index is 11.9. The van der Waals surface area contributed by atoms with Gasteiger partial charge in [-0.15, -0.1) is 0 Å². The van der Waals surface area contributed by atoms with Gasteiger partial charge in [-0.1, -0.05) is 156 Å². The summed E-state index contributed by atoms with van der Waals surface area (Å²) in [4.78, 5) is 2.40. The molecule has 0 bridgehead atoms. The topological polar surface area (TPSA) is 46.7 Å². The molecule has 0 saturated heterocycles. The smallest absolute Gasteiger partial charge is 0.236 e. The van der Waals surface area contributed by atoms with Gasteiger partial charge in [-0.05, 0) is 56.0 Å². The number of hydrogen-bond acceptors (Lipinski definition) is 3. The van der Waals surface area contributed by atoms with Crippen molar-refractivity contribution < 1.29 is 14.8 Å². The summed E-state index contributed by atoms with van der Waals surface area (Å²) in [5, 5.41) is 23.8. The van der Waals surface area contributed by atoms with Crippen LogP contribution in [0, 0.1) is 0 Å². The summed E-state index contributed by atoms with van der Waals surface area (Å²) >= 11 is 0. The van der Waals surface area contributed by atoms with Crippen molar-refractivity contribution in [3.8, 4) is 11.5 Å². The largest absolute Gasteiger partial charge is 0.507 e. The van der Waals surface area contributed by atoms with Gasteiger partial charge >= 0.3 is 0 Å². The third kappa shape index (κ3) is 7.74. The molecule has 0 aromatic heterocycles. The molecule has 2 atom stereocenters. The lowest BCUT2D eigenvalue weighted by molar-refractivity contribution is -0.578. The number of benzene rings is 4. The molecule has 0 amide bonds. The molecule has 0 aliphatic carbocycles. The molecule has 0 unspecified atom stereocenters. The van der Waals surface area contributed by atoms with Gasteiger partial charge in [0.2, 0.25) is 6.34 Å². The van der Waals surface area contributed by atoms with Crippen molar-refractivity contribution >= 4 is 6.34 Å². The lowest BCUT2D eigenvalue weighted by atomic mass is 9.78. The fourth-order valence-electron chi connectivity index (χ4n) is 7.06. The Labute approximate surface area is 296 Å². The molecular weight excluding hydrogens is 601 g/mol. The van der Waals surface area contributed by atoms with E-state index in [4.69, 9.17) is 0 Å². The van der Waals surface area contributed by atoms with Gasteiger partial charge in [0.1, 0.15) is 24.6 Å². The summed E-state index contributed by atoms with van der Waals surface area (Å²) in [6.07, 6.45) is 2.25. The van der Waals surface area contributed by atoms with Crippen molar-refractivity contribution in [3.63, 3.8) is 0 Å². The monoisotopic (exact) mass is 659 g/mol. The van der Waals surface area contributed by atoms with E-state index in [9.17, 15) is 10.2 Å². The first kappa shape index (κ1) is 36.2. The maximum Gasteiger partial charge on any atom is 0.236 e. The second kappa shape index (κ2) is 13.0. The average Bonchev–Trinajstić information content (AvgIpc) is 3.35. The predicted octanol–water partition coefficient (Wildman–Crippen LogP) is 10.8. The first-order chi connectivity index (χ1) is 22.7. The van der Waals surface area contributed by atoms with E-state index in [1.807, 2.05) is 0 Å². The van der Waals surface area contributed by atoms with Crippen LogP contribution in [0.1, 0.15) is 140 Å². The van der Waals surface area contributed by atoms with Crippen LogP contribution >= 0.6 is 0 Å². The van der Waals surface area contributed by atoms with E-state index in [1.54, 1.807) is 0 Å². The van der Waals surface area contributed by atoms with Crippen LogP contribution in [0.25, 0.3) is 0 Å². The van der Waals surface area contributed by atoms with Crippen LogP contribution in [0.5, 0.6) is 11.5 Å². The summed E-state index contributed by atoms with van der Waals surface area (Å²) in [6.45, 7) is 27.5. The van der Waals surface area contributed by atoms with Crippen molar-refractivity contribution in [2.75, 3.05) is 0 Å². The van der Waals surface area contributed by atoms with Crippen molar-refractivity contribution in [1.82, 2.24) is 4.90 Å². The molecule has 0 fully saturated rings. The van der Waals surface area contributed by atoms with Gasteiger partial charge in [0, 0.05) is 22.3 Å². The number of rotatable bonds is 6. The lowest BCUT2D eigenvalue weighted by Crippen LogP contribution is -2.27. The number of aromatic hydroxyl groups is 2. The number of phenols is 2. The van der Waals surface area contributed by atoms with Gasteiger partial charge < -0.3 is 10.2 Å². The fraction of sp³-hybridized carbons (Fsp3) is 0.444. The molecule has 4 nitrogen and oxygen atoms in total. The van der Waals surface area contributed by atoms with Crippen molar-refractivity contribution in [3.05, 3.63) is 129 Å². The summed E-state index contributed by atoms with van der Waals surface area (Å²) < 4.78 is 2.40. The van der Waals surface area contributed by atoms with Crippen LogP contribution in [0.4, 0.5) is 0 Å². The van der Waals surface area contributed by atoms with Gasteiger partial charge in [-0.3, -0.25) is 9.48 Å². The first-order valence-corrected chi connectivity index (χ1v) is 17.9. The van der Waals surface area contributed by atoms with Gasteiger partial charge in [-0.25, -0.2) is 0 Å². The standard InChI is InChI=1S/C45H58N2O2/c1-42(2,3)34-23-32(40(48)36(25-34)44(7,8)9)27-46-29-47(28-33-24-35(43(4,5)6)26-37(41(33)49)45(10,11)12)39(31-21-17-14-18-22-31)38(46)30-19-15-13-16-20-30/h13-26,29,38-39H,27-28H2,1-12H3,(H-,48,49)/p+1/t38-,39-/m0/s1. The minimum atomic E-state index is -0.216. The summed E-state index contributed by atoms with van der Waals surface area (Å²) in [5.41, 5.74) is 8.07. The number of hydrogen-bond donors (Lipinski definition) is 2. The molecule has 0 spiro atoms. The highest BCUT2D eigenvalue weighted by molar-refractivity contribution is 5.57. The molecule has 1 heterocycles. The fourth-order valence-corrected chi connectivity index (χ4v) is 7.06. The zero-order valence-corrected chi connectivity index (χ0v) is 32.0. The normalized spacial score (nSPS) is 17.4. The quantitative estimate of drug-likeness (QED) is 0.203. The zero-order valence-electron chi connectivity index (χ0n) is 32.0.